The zero-order valence-electron chi connectivity index (χ0n) is 38.2. The second-order valence-electron chi connectivity index (χ2n) is 18.6. The summed E-state index contributed by atoms with van der Waals surface area (Å²) in [5.74, 6) is 0.957. The third-order valence-electron chi connectivity index (χ3n) is 14.0. The van der Waals surface area contributed by atoms with Crippen LogP contribution in [0.5, 0.6) is 0 Å². The number of rotatable bonds is 10. The number of H-pyrrole nitrogens is 2. The van der Waals surface area contributed by atoms with Gasteiger partial charge < -0.3 is 20.4 Å². The Kier molecular flexibility index (Phi) is 11.2. The highest BCUT2D eigenvalue weighted by Gasteiger charge is 2.68. The fourth-order valence-corrected chi connectivity index (χ4v) is 10.8. The van der Waals surface area contributed by atoms with Crippen LogP contribution < -0.4 is 20.4 Å². The molecule has 2 aliphatic heterocycles. The third-order valence-corrected chi connectivity index (χ3v) is 14.5. The fourth-order valence-electron chi connectivity index (χ4n) is 10.5. The molecule has 4 atom stereocenters. The molecule has 2 spiro atoms. The molecule has 2 fully saturated rings. The number of carbonyl (C=O) groups excluding carboxylic acids is 4. The standard InChI is InChI=1S/2C28H23ClN4O2/c2*1-17-13-25(32-31-17)30-26(34)20-6-4-5-18(14-20)16-33-24-8-3-2-7-22(24)28(27(33)35)15-23(28)19-9-11-21(29)12-10-19/h2*2-14,23H,15-16H2,1H3,(H2,30,31,32,34)/t23?,28-;23-,28-/m10/s1. The molecule has 2 aliphatic carbocycles. The molecule has 70 heavy (non-hydrogen) atoms. The Hall–Kier alpha value is -7.80. The number of para-hydroxylation sites is 2. The molecule has 4 aliphatic rings. The molecule has 348 valence electrons. The van der Waals surface area contributed by atoms with E-state index in [0.717, 1.165) is 69.0 Å². The topological polar surface area (TPSA) is 156 Å². The zero-order chi connectivity index (χ0) is 48.3. The van der Waals surface area contributed by atoms with Crippen LogP contribution >= 0.6 is 23.2 Å². The van der Waals surface area contributed by atoms with E-state index >= 15 is 0 Å². The fraction of sp³-hybridized carbons (Fsp3) is 0.179. The van der Waals surface area contributed by atoms with Crippen molar-refractivity contribution in [1.82, 2.24) is 20.4 Å². The highest BCUT2D eigenvalue weighted by molar-refractivity contribution is 6.31. The minimum absolute atomic E-state index is 0.112. The summed E-state index contributed by atoms with van der Waals surface area (Å²) >= 11 is 12.2. The predicted octanol–water partition coefficient (Wildman–Crippen LogP) is 11.2. The molecule has 0 bridgehead atoms. The number of aromatic amines is 2. The van der Waals surface area contributed by atoms with Crippen LogP contribution in [0.1, 0.15) is 90.2 Å². The molecule has 8 aromatic rings. The first-order valence-electron chi connectivity index (χ1n) is 23.1. The molecule has 2 aromatic heterocycles. The van der Waals surface area contributed by atoms with Gasteiger partial charge in [0.05, 0.1) is 23.9 Å². The molecule has 4 heterocycles. The molecular formula is C56H46Cl2N8O4. The summed E-state index contributed by atoms with van der Waals surface area (Å²) in [6, 6.07) is 50.0. The lowest BCUT2D eigenvalue weighted by molar-refractivity contribution is -0.121. The first-order chi connectivity index (χ1) is 33.9. The van der Waals surface area contributed by atoms with E-state index in [9.17, 15) is 19.2 Å². The summed E-state index contributed by atoms with van der Waals surface area (Å²) in [5.41, 5.74) is 9.78. The Morgan fingerprint density at radius 3 is 1.34 bits per heavy atom. The molecule has 0 radical (unpaired) electrons. The van der Waals surface area contributed by atoms with Gasteiger partial charge in [-0.3, -0.25) is 29.4 Å². The van der Waals surface area contributed by atoms with E-state index < -0.39 is 10.8 Å². The van der Waals surface area contributed by atoms with Crippen molar-refractivity contribution in [3.63, 3.8) is 0 Å². The molecule has 1 unspecified atom stereocenters. The van der Waals surface area contributed by atoms with E-state index in [-0.39, 0.29) is 35.5 Å². The van der Waals surface area contributed by atoms with Crippen molar-refractivity contribution in [2.24, 2.45) is 0 Å². The Bertz CT molecular complexity index is 3150. The van der Waals surface area contributed by atoms with Gasteiger partial charge in [0.15, 0.2) is 11.6 Å². The van der Waals surface area contributed by atoms with Crippen LogP contribution in [0.15, 0.2) is 158 Å². The van der Waals surface area contributed by atoms with E-state index in [0.29, 0.717) is 45.9 Å². The lowest BCUT2D eigenvalue weighted by atomic mass is 9.92. The summed E-state index contributed by atoms with van der Waals surface area (Å²) in [7, 11) is 0. The van der Waals surface area contributed by atoms with Gasteiger partial charge in [0.1, 0.15) is 0 Å². The van der Waals surface area contributed by atoms with Crippen LogP contribution in [0.2, 0.25) is 10.0 Å². The van der Waals surface area contributed by atoms with Gasteiger partial charge in [-0.1, -0.05) is 108 Å². The zero-order valence-corrected chi connectivity index (χ0v) is 39.7. The van der Waals surface area contributed by atoms with Crippen LogP contribution in [-0.2, 0) is 33.5 Å². The summed E-state index contributed by atoms with van der Waals surface area (Å²) in [4.78, 5) is 57.0. The van der Waals surface area contributed by atoms with Gasteiger partial charge in [-0.05, 0) is 121 Å². The number of amides is 4. The number of carbonyl (C=O) groups is 4. The van der Waals surface area contributed by atoms with Gasteiger partial charge in [-0.2, -0.15) is 10.2 Å². The van der Waals surface area contributed by atoms with Crippen molar-refractivity contribution in [2.75, 3.05) is 20.4 Å². The maximum Gasteiger partial charge on any atom is 0.256 e. The van der Waals surface area contributed by atoms with Gasteiger partial charge in [-0.15, -0.1) is 0 Å². The summed E-state index contributed by atoms with van der Waals surface area (Å²) in [6.07, 6.45) is 1.57. The predicted molar refractivity (Wildman–Crippen MR) is 272 cm³/mol. The maximum absolute atomic E-state index is 13.9. The molecule has 12 rings (SSSR count). The second kappa shape index (κ2) is 17.6. The van der Waals surface area contributed by atoms with Crippen molar-refractivity contribution in [3.8, 4) is 0 Å². The van der Waals surface area contributed by atoms with Crippen LogP contribution in [0, 0.1) is 13.8 Å². The van der Waals surface area contributed by atoms with Crippen molar-refractivity contribution < 1.29 is 19.2 Å². The number of fused-ring (bicyclic) bond motifs is 4. The number of aryl methyl sites for hydroxylation is 2. The monoisotopic (exact) mass is 964 g/mol. The van der Waals surface area contributed by atoms with Crippen LogP contribution in [0.4, 0.5) is 23.0 Å². The smallest absolute Gasteiger partial charge is 0.256 e. The first-order valence-corrected chi connectivity index (χ1v) is 23.9. The van der Waals surface area contributed by atoms with E-state index in [4.69, 9.17) is 23.2 Å². The van der Waals surface area contributed by atoms with Gasteiger partial charge in [-0.25, -0.2) is 0 Å². The molecule has 2 saturated carbocycles. The van der Waals surface area contributed by atoms with Crippen molar-refractivity contribution >= 4 is 69.8 Å². The van der Waals surface area contributed by atoms with Gasteiger partial charge >= 0.3 is 0 Å². The number of hydrogen-bond acceptors (Lipinski definition) is 6. The van der Waals surface area contributed by atoms with E-state index in [1.165, 1.54) is 0 Å². The van der Waals surface area contributed by atoms with Crippen LogP contribution in [0.25, 0.3) is 0 Å². The van der Waals surface area contributed by atoms with Crippen LogP contribution in [0.3, 0.4) is 0 Å². The number of aromatic nitrogens is 4. The average molecular weight is 966 g/mol. The normalized spacial score (nSPS) is 20.2. The SMILES string of the molecule is Cc1cc(NC(=O)c2cccc(CN3C(=O)[C@@]4(C[C@H]4c4ccc(Cl)cc4)c4ccccc43)c2)n[nH]1.Cc1cc(NC(=O)c2cccc(CN3C(=O)[C@]4(CC4c4ccc(Cl)cc4)c4ccccc43)c2)n[nH]1. The molecule has 4 amide bonds. The lowest BCUT2D eigenvalue weighted by Gasteiger charge is -2.19. The molecule has 12 nitrogen and oxygen atoms in total. The molecule has 14 heteroatoms. The summed E-state index contributed by atoms with van der Waals surface area (Å²) < 4.78 is 0. The quantitative estimate of drug-likeness (QED) is 0.107. The highest BCUT2D eigenvalue weighted by atomic mass is 35.5. The summed E-state index contributed by atoms with van der Waals surface area (Å²) in [6.45, 7) is 4.54. The first kappa shape index (κ1) is 44.7. The Balaban J connectivity index is 0.000000152. The maximum atomic E-state index is 13.9. The number of anilines is 4. The molecule has 0 saturated heterocycles. The van der Waals surface area contributed by atoms with Gasteiger partial charge in [0, 0.05) is 67.9 Å². The number of nitrogens with zero attached hydrogens (tertiary/aromatic N) is 4. The van der Waals surface area contributed by atoms with Crippen molar-refractivity contribution in [1.29, 1.82) is 0 Å². The summed E-state index contributed by atoms with van der Waals surface area (Å²) in [5, 5.41) is 20.7. The van der Waals surface area contributed by atoms with E-state index in [2.05, 4.69) is 43.2 Å². The molecule has 4 N–H and O–H groups in total. The Morgan fingerprint density at radius 1 is 0.557 bits per heavy atom. The second-order valence-corrected chi connectivity index (χ2v) is 19.4. The van der Waals surface area contributed by atoms with Gasteiger partial charge in [0.2, 0.25) is 11.8 Å². The number of halogens is 2. The van der Waals surface area contributed by atoms with Crippen LogP contribution in [-0.4, -0.2) is 44.0 Å². The number of hydrogen-bond donors (Lipinski definition) is 4. The molecular weight excluding hydrogens is 920 g/mol. The lowest BCUT2D eigenvalue weighted by Crippen LogP contribution is -2.32. The average Bonchev–Trinajstić information content (AvgIpc) is 4.15. The van der Waals surface area contributed by atoms with Gasteiger partial charge in [0.25, 0.3) is 11.8 Å². The minimum Gasteiger partial charge on any atom is -0.307 e. The van der Waals surface area contributed by atoms with Crippen molar-refractivity contribution in [2.45, 2.75) is 62.4 Å². The third kappa shape index (κ3) is 8.02. The number of nitrogens with one attached hydrogen (secondary N) is 4. The minimum atomic E-state index is -0.531. The Morgan fingerprint density at radius 2 is 0.957 bits per heavy atom. The number of benzene rings is 6. The largest absolute Gasteiger partial charge is 0.307 e. The van der Waals surface area contributed by atoms with Crippen molar-refractivity contribution in [3.05, 3.63) is 224 Å². The molecule has 6 aromatic carbocycles. The highest BCUT2D eigenvalue weighted by Crippen LogP contribution is 2.67. The van der Waals surface area contributed by atoms with E-state index in [1.54, 1.807) is 24.3 Å². The Labute approximate surface area is 414 Å². The van der Waals surface area contributed by atoms with E-state index in [1.807, 2.05) is 145 Å².